The minimum Gasteiger partial charge on any atom is -0.377 e. The van der Waals surface area contributed by atoms with Crippen molar-refractivity contribution in [3.05, 3.63) is 53.1 Å². The first-order valence-electron chi connectivity index (χ1n) is 12.3. The smallest absolute Gasteiger partial charge is 0.228 e. The van der Waals surface area contributed by atoms with Gasteiger partial charge in [-0.1, -0.05) is 24.3 Å². The first kappa shape index (κ1) is 22.7. The summed E-state index contributed by atoms with van der Waals surface area (Å²) in [5.41, 5.74) is 10.3. The molecule has 9 heteroatoms. The molecular weight excluding hydrogens is 460 g/mol. The van der Waals surface area contributed by atoms with E-state index >= 15 is 0 Å². The van der Waals surface area contributed by atoms with Crippen molar-refractivity contribution in [3.63, 3.8) is 0 Å². The second-order valence-corrected chi connectivity index (χ2v) is 12.5. The third-order valence-electron chi connectivity index (χ3n) is 7.23. The lowest BCUT2D eigenvalue weighted by Crippen LogP contribution is -2.61. The van der Waals surface area contributed by atoms with Crippen LogP contribution in [0.5, 0.6) is 0 Å². The highest BCUT2D eigenvalue weighted by Gasteiger charge is 2.34. The fourth-order valence-electron chi connectivity index (χ4n) is 4.75. The van der Waals surface area contributed by atoms with Crippen molar-refractivity contribution in [2.45, 2.75) is 49.7 Å². The molecule has 6 rings (SSSR count). The van der Waals surface area contributed by atoms with Crippen molar-refractivity contribution >= 4 is 32.4 Å². The Labute approximate surface area is 206 Å². The van der Waals surface area contributed by atoms with E-state index in [1.54, 1.807) is 0 Å². The van der Waals surface area contributed by atoms with Gasteiger partial charge in [0.1, 0.15) is 5.82 Å². The van der Waals surface area contributed by atoms with Crippen LogP contribution in [0.4, 0.5) is 11.8 Å². The lowest BCUT2D eigenvalue weighted by atomic mass is 9.99. The summed E-state index contributed by atoms with van der Waals surface area (Å²) in [5.74, 6) is 1.88. The zero-order chi connectivity index (χ0) is 24.2. The Kier molecular flexibility index (Phi) is 5.47. The van der Waals surface area contributed by atoms with Gasteiger partial charge in [-0.25, -0.2) is 13.6 Å². The van der Waals surface area contributed by atoms with E-state index < -0.39 is 9.73 Å². The maximum absolute atomic E-state index is 14.0. The molecule has 0 bridgehead atoms. The molecule has 2 aromatic carbocycles. The molecule has 0 radical (unpaired) electrons. The van der Waals surface area contributed by atoms with Crippen molar-refractivity contribution in [1.82, 2.24) is 9.97 Å². The van der Waals surface area contributed by atoms with Gasteiger partial charge in [0.15, 0.2) is 0 Å². The molecule has 3 N–H and O–H groups in total. The maximum atomic E-state index is 14.0. The van der Waals surface area contributed by atoms with E-state index in [-0.39, 0.29) is 11.6 Å². The first-order valence-corrected chi connectivity index (χ1v) is 14.0. The van der Waals surface area contributed by atoms with Crippen LogP contribution in [0, 0.1) is 13.8 Å². The van der Waals surface area contributed by atoms with Crippen LogP contribution in [0.2, 0.25) is 0 Å². The van der Waals surface area contributed by atoms with Gasteiger partial charge in [-0.3, -0.25) is 0 Å². The average molecular weight is 493 g/mol. The fourth-order valence-corrected chi connectivity index (χ4v) is 7.19. The van der Waals surface area contributed by atoms with Crippen molar-refractivity contribution in [2.24, 2.45) is 10.1 Å². The van der Waals surface area contributed by atoms with E-state index in [1.807, 2.05) is 18.2 Å². The molecule has 2 fully saturated rings. The molecule has 3 aliphatic rings. The van der Waals surface area contributed by atoms with Crippen LogP contribution in [0.1, 0.15) is 29.5 Å². The zero-order valence-corrected chi connectivity index (χ0v) is 21.1. The van der Waals surface area contributed by atoms with E-state index in [0.717, 1.165) is 45.6 Å². The lowest BCUT2D eigenvalue weighted by molar-refractivity contribution is -0.0461. The number of benzene rings is 2. The van der Waals surface area contributed by atoms with E-state index in [0.29, 0.717) is 44.5 Å². The van der Waals surface area contributed by atoms with E-state index in [1.165, 1.54) is 5.56 Å². The highest BCUT2D eigenvalue weighted by atomic mass is 32.2. The molecule has 1 aliphatic carbocycles. The van der Waals surface area contributed by atoms with Gasteiger partial charge in [-0.15, -0.1) is 0 Å². The van der Waals surface area contributed by atoms with Gasteiger partial charge in [-0.05, 0) is 55.5 Å². The van der Waals surface area contributed by atoms with Gasteiger partial charge in [0, 0.05) is 25.0 Å². The van der Waals surface area contributed by atoms with Gasteiger partial charge in [-0.2, -0.15) is 4.98 Å². The molecular formula is C26H32N6O2S. The normalized spacial score (nSPS) is 23.3. The van der Waals surface area contributed by atoms with Crippen LogP contribution in [0.15, 0.2) is 45.7 Å². The third kappa shape index (κ3) is 4.26. The summed E-state index contributed by atoms with van der Waals surface area (Å²) >= 11 is 0. The second-order valence-electron chi connectivity index (χ2n) is 10.2. The van der Waals surface area contributed by atoms with Crippen LogP contribution in [-0.4, -0.2) is 57.8 Å². The quantitative estimate of drug-likeness (QED) is 0.562. The Hall–Kier alpha value is -2.75. The summed E-state index contributed by atoms with van der Waals surface area (Å²) in [6, 6.07) is 12.4. The van der Waals surface area contributed by atoms with Gasteiger partial charge in [0.05, 0.1) is 50.7 Å². The summed E-state index contributed by atoms with van der Waals surface area (Å²) in [7, 11) is -2.47. The number of aromatic nitrogens is 2. The molecule has 1 aromatic heterocycles. The molecule has 1 atom stereocenters. The molecule has 8 nitrogen and oxygen atoms in total. The molecule has 3 heterocycles. The van der Waals surface area contributed by atoms with E-state index in [2.05, 4.69) is 42.3 Å². The topological polar surface area (TPSA) is 106 Å². The molecule has 35 heavy (non-hydrogen) atoms. The van der Waals surface area contributed by atoms with Crippen LogP contribution < -0.4 is 16.0 Å². The van der Waals surface area contributed by atoms with Gasteiger partial charge >= 0.3 is 0 Å². The number of ether oxygens (including phenoxy) is 1. The van der Waals surface area contributed by atoms with Gasteiger partial charge < -0.3 is 20.7 Å². The van der Waals surface area contributed by atoms with E-state index in [4.69, 9.17) is 24.8 Å². The standard InChI is InChI=1S/C26H32N6O2S/c1-17-7-10-21-23(18(17)2)24(28-14-26(27)15-34-16-26)30-25(29-21)32-11-12-35(33,31-20-8-9-20)22-6-4-3-5-19(22)13-32/h3-7,10,20H,8-9,11-16,27H2,1-2H3,(H,28,29,30). The first-order chi connectivity index (χ1) is 16.8. The maximum Gasteiger partial charge on any atom is 0.228 e. The lowest BCUT2D eigenvalue weighted by Gasteiger charge is -2.38. The van der Waals surface area contributed by atoms with Crippen LogP contribution in [0.25, 0.3) is 10.9 Å². The number of fused-ring (bicyclic) bond motifs is 2. The van der Waals surface area contributed by atoms with Crippen molar-refractivity contribution in [2.75, 3.05) is 42.3 Å². The Morgan fingerprint density at radius 2 is 2.00 bits per heavy atom. The van der Waals surface area contributed by atoms with Crippen LogP contribution in [-0.2, 0) is 21.0 Å². The summed E-state index contributed by atoms with van der Waals surface area (Å²) < 4.78 is 24.1. The van der Waals surface area contributed by atoms with Crippen molar-refractivity contribution in [3.8, 4) is 0 Å². The predicted octanol–water partition coefficient (Wildman–Crippen LogP) is 3.40. The minimum atomic E-state index is -2.47. The second kappa shape index (κ2) is 8.43. The number of nitrogens with one attached hydrogen (secondary N) is 1. The molecule has 3 aromatic rings. The Bertz CT molecular complexity index is 1420. The fraction of sp³-hybridized carbons (Fsp3) is 0.462. The third-order valence-corrected chi connectivity index (χ3v) is 9.69. The number of aryl methyl sites for hydroxylation is 2. The van der Waals surface area contributed by atoms with Gasteiger partial charge in [0.25, 0.3) is 0 Å². The molecule has 1 unspecified atom stereocenters. The largest absolute Gasteiger partial charge is 0.377 e. The number of anilines is 2. The summed E-state index contributed by atoms with van der Waals surface area (Å²) in [6.07, 6.45) is 2.08. The Morgan fingerprint density at radius 3 is 2.74 bits per heavy atom. The summed E-state index contributed by atoms with van der Waals surface area (Å²) in [5, 5.41) is 4.52. The molecule has 184 valence electrons. The molecule has 0 spiro atoms. The number of nitrogens with two attached hydrogens (primary N) is 1. The zero-order valence-electron chi connectivity index (χ0n) is 20.3. The number of rotatable bonds is 5. The average Bonchev–Trinajstić information content (AvgIpc) is 3.66. The van der Waals surface area contributed by atoms with Crippen LogP contribution >= 0.6 is 0 Å². The predicted molar refractivity (Wildman–Crippen MR) is 139 cm³/mol. The van der Waals surface area contributed by atoms with Gasteiger partial charge in [0.2, 0.25) is 5.95 Å². The summed E-state index contributed by atoms with van der Waals surface area (Å²) in [4.78, 5) is 13.0. The molecule has 0 amide bonds. The Morgan fingerprint density at radius 1 is 1.20 bits per heavy atom. The Balaban J connectivity index is 1.41. The van der Waals surface area contributed by atoms with Crippen molar-refractivity contribution < 1.29 is 8.95 Å². The molecule has 1 saturated heterocycles. The highest BCUT2D eigenvalue weighted by molar-refractivity contribution is 7.93. The van der Waals surface area contributed by atoms with Crippen molar-refractivity contribution in [1.29, 1.82) is 0 Å². The number of hydrogen-bond acceptors (Lipinski definition) is 8. The minimum absolute atomic E-state index is 0.236. The molecule has 2 aliphatic heterocycles. The summed E-state index contributed by atoms with van der Waals surface area (Å²) in [6.45, 7) is 7.02. The monoisotopic (exact) mass is 492 g/mol. The SMILES string of the molecule is Cc1ccc2nc(N3CCS(=O)(=NC4CC4)c4ccccc4C3)nc(NCC3(N)COC3)c2c1C. The number of hydrogen-bond donors (Lipinski definition) is 2. The van der Waals surface area contributed by atoms with E-state index in [9.17, 15) is 4.21 Å². The number of nitrogens with zero attached hydrogens (tertiary/aromatic N) is 4. The van der Waals surface area contributed by atoms with Crippen LogP contribution in [0.3, 0.4) is 0 Å². The molecule has 1 saturated carbocycles. The highest BCUT2D eigenvalue weighted by Crippen LogP contribution is 2.34.